The van der Waals surface area contributed by atoms with Crippen molar-refractivity contribution < 1.29 is 14.6 Å². The van der Waals surface area contributed by atoms with Gasteiger partial charge in [0, 0.05) is 39.0 Å². The van der Waals surface area contributed by atoms with Gasteiger partial charge in [0.2, 0.25) is 0 Å². The molecular weight excluding hydrogens is 210 g/mol. The summed E-state index contributed by atoms with van der Waals surface area (Å²) in [6.07, 6.45) is 2.46. The van der Waals surface area contributed by atoms with Gasteiger partial charge in [-0.05, 0) is 6.07 Å². The number of carboxylic acid groups (broad SMARTS) is 1. The van der Waals surface area contributed by atoms with Crippen molar-refractivity contribution in [3.05, 3.63) is 18.0 Å². The highest BCUT2D eigenvalue weighted by atomic mass is 16.5. The van der Waals surface area contributed by atoms with E-state index in [9.17, 15) is 4.79 Å². The van der Waals surface area contributed by atoms with Crippen LogP contribution in [-0.4, -0.2) is 47.2 Å². The average Bonchev–Trinajstić information content (AvgIpc) is 2.63. The Kier molecular flexibility index (Phi) is 4.94. The van der Waals surface area contributed by atoms with Crippen molar-refractivity contribution in [2.75, 3.05) is 20.3 Å². The topological polar surface area (TPSA) is 76.4 Å². The molecule has 0 aliphatic rings. The Bertz CT molecular complexity index is 338. The fourth-order valence-electron chi connectivity index (χ4n) is 1.41. The van der Waals surface area contributed by atoms with Crippen LogP contribution in [0.4, 0.5) is 0 Å². The van der Waals surface area contributed by atoms with Gasteiger partial charge in [0.05, 0.1) is 6.61 Å². The van der Waals surface area contributed by atoms with Crippen LogP contribution in [0.5, 0.6) is 0 Å². The zero-order valence-corrected chi connectivity index (χ0v) is 9.51. The third kappa shape index (κ3) is 3.63. The molecule has 6 nitrogen and oxygen atoms in total. The van der Waals surface area contributed by atoms with E-state index in [1.807, 2.05) is 13.1 Å². The number of carboxylic acids is 1. The first-order valence-electron chi connectivity index (χ1n) is 5.07. The average molecular weight is 227 g/mol. The number of nitrogens with one attached hydrogen (secondary N) is 1. The summed E-state index contributed by atoms with van der Waals surface area (Å²) in [5.74, 6) is -0.896. The number of aromatic nitrogens is 2. The van der Waals surface area contributed by atoms with E-state index < -0.39 is 12.0 Å². The van der Waals surface area contributed by atoms with Crippen molar-refractivity contribution in [1.29, 1.82) is 0 Å². The Balaban J connectivity index is 2.33. The summed E-state index contributed by atoms with van der Waals surface area (Å²) in [5.41, 5.74) is 1.06. The van der Waals surface area contributed by atoms with E-state index in [1.165, 1.54) is 7.11 Å². The van der Waals surface area contributed by atoms with Crippen LogP contribution in [0.3, 0.4) is 0 Å². The van der Waals surface area contributed by atoms with Crippen molar-refractivity contribution in [2.45, 2.75) is 12.5 Å². The lowest BCUT2D eigenvalue weighted by atomic mass is 10.2. The van der Waals surface area contributed by atoms with Gasteiger partial charge < -0.3 is 15.2 Å². The third-order valence-corrected chi connectivity index (χ3v) is 2.33. The monoisotopic (exact) mass is 227 g/mol. The zero-order chi connectivity index (χ0) is 12.0. The maximum Gasteiger partial charge on any atom is 0.323 e. The maximum absolute atomic E-state index is 10.8. The zero-order valence-electron chi connectivity index (χ0n) is 9.51. The van der Waals surface area contributed by atoms with Crippen LogP contribution in [0.1, 0.15) is 5.69 Å². The molecule has 1 atom stereocenters. The molecule has 0 amide bonds. The molecule has 0 saturated carbocycles. The highest BCUT2D eigenvalue weighted by Gasteiger charge is 2.15. The number of nitrogens with zero attached hydrogens (tertiary/aromatic N) is 2. The lowest BCUT2D eigenvalue weighted by molar-refractivity contribution is -0.140. The normalized spacial score (nSPS) is 12.6. The van der Waals surface area contributed by atoms with E-state index in [4.69, 9.17) is 9.84 Å². The number of methoxy groups -OCH3 is 1. The SMILES string of the molecule is COCC(NCCc1ccnn1C)C(=O)O. The molecule has 0 aliphatic heterocycles. The second-order valence-electron chi connectivity index (χ2n) is 3.50. The molecule has 0 aromatic carbocycles. The molecule has 1 heterocycles. The highest BCUT2D eigenvalue weighted by molar-refractivity contribution is 5.73. The van der Waals surface area contributed by atoms with Gasteiger partial charge in [-0.1, -0.05) is 0 Å². The van der Waals surface area contributed by atoms with E-state index in [-0.39, 0.29) is 6.61 Å². The van der Waals surface area contributed by atoms with Gasteiger partial charge in [-0.25, -0.2) is 0 Å². The summed E-state index contributed by atoms with van der Waals surface area (Å²) in [4.78, 5) is 10.8. The van der Waals surface area contributed by atoms with Gasteiger partial charge in [0.25, 0.3) is 0 Å². The molecule has 1 aromatic rings. The Hall–Kier alpha value is -1.40. The maximum atomic E-state index is 10.8. The largest absolute Gasteiger partial charge is 0.480 e. The summed E-state index contributed by atoms with van der Waals surface area (Å²) in [6, 6.07) is 1.26. The van der Waals surface area contributed by atoms with Crippen molar-refractivity contribution in [1.82, 2.24) is 15.1 Å². The molecular formula is C10H17N3O3. The van der Waals surface area contributed by atoms with Crippen molar-refractivity contribution >= 4 is 5.97 Å². The number of rotatable bonds is 7. The van der Waals surface area contributed by atoms with Crippen molar-refractivity contribution in [3.8, 4) is 0 Å². The van der Waals surface area contributed by atoms with E-state index in [0.29, 0.717) is 6.54 Å². The third-order valence-electron chi connectivity index (χ3n) is 2.33. The summed E-state index contributed by atoms with van der Waals surface area (Å²) in [5, 5.41) is 15.8. The minimum Gasteiger partial charge on any atom is -0.480 e. The molecule has 1 unspecified atom stereocenters. The fraction of sp³-hybridized carbons (Fsp3) is 0.600. The number of aryl methyl sites for hydroxylation is 1. The van der Waals surface area contributed by atoms with Crippen LogP contribution < -0.4 is 5.32 Å². The molecule has 6 heteroatoms. The van der Waals surface area contributed by atoms with E-state index in [1.54, 1.807) is 10.9 Å². The standard InChI is InChI=1S/C10H17N3O3/c1-13-8(4-6-12-13)3-5-11-9(7-16-2)10(14)15/h4,6,9,11H,3,5,7H2,1-2H3,(H,14,15). The predicted octanol–water partition coefficient (Wildman–Crippen LogP) is -0.348. The molecule has 90 valence electrons. The minimum absolute atomic E-state index is 0.167. The molecule has 2 N–H and O–H groups in total. The Morgan fingerprint density at radius 1 is 1.75 bits per heavy atom. The fourth-order valence-corrected chi connectivity index (χ4v) is 1.41. The lowest BCUT2D eigenvalue weighted by Crippen LogP contribution is -2.41. The number of ether oxygens (including phenoxy) is 1. The van der Waals surface area contributed by atoms with Crippen molar-refractivity contribution in [3.63, 3.8) is 0 Å². The van der Waals surface area contributed by atoms with Crippen LogP contribution in [-0.2, 0) is 23.0 Å². The van der Waals surface area contributed by atoms with Gasteiger partial charge in [0.1, 0.15) is 6.04 Å². The molecule has 0 saturated heterocycles. The molecule has 0 fully saturated rings. The molecule has 16 heavy (non-hydrogen) atoms. The van der Waals surface area contributed by atoms with Crippen molar-refractivity contribution in [2.24, 2.45) is 7.05 Å². The van der Waals surface area contributed by atoms with Crippen LogP contribution in [0, 0.1) is 0 Å². The number of aliphatic carboxylic acids is 1. The van der Waals surface area contributed by atoms with E-state index in [0.717, 1.165) is 12.1 Å². The van der Waals surface area contributed by atoms with Gasteiger partial charge in [0.15, 0.2) is 0 Å². The molecule has 0 spiro atoms. The van der Waals surface area contributed by atoms with Crippen LogP contribution in [0.2, 0.25) is 0 Å². The smallest absolute Gasteiger partial charge is 0.323 e. The molecule has 0 aliphatic carbocycles. The predicted molar refractivity (Wildman–Crippen MR) is 58.2 cm³/mol. The Morgan fingerprint density at radius 2 is 2.50 bits per heavy atom. The van der Waals surface area contributed by atoms with E-state index in [2.05, 4.69) is 10.4 Å². The first-order chi connectivity index (χ1) is 7.65. The number of hydrogen-bond acceptors (Lipinski definition) is 4. The van der Waals surface area contributed by atoms with Gasteiger partial charge in [-0.15, -0.1) is 0 Å². The molecule has 0 bridgehead atoms. The number of carbonyl (C=O) groups is 1. The second-order valence-corrected chi connectivity index (χ2v) is 3.50. The lowest BCUT2D eigenvalue weighted by Gasteiger charge is -2.13. The Labute approximate surface area is 94.2 Å². The summed E-state index contributed by atoms with van der Waals surface area (Å²) in [6.45, 7) is 0.751. The quantitative estimate of drug-likeness (QED) is 0.666. The molecule has 0 radical (unpaired) electrons. The summed E-state index contributed by atoms with van der Waals surface area (Å²) >= 11 is 0. The first kappa shape index (κ1) is 12.7. The van der Waals surface area contributed by atoms with Gasteiger partial charge >= 0.3 is 5.97 Å². The minimum atomic E-state index is -0.896. The Morgan fingerprint density at radius 3 is 3.00 bits per heavy atom. The first-order valence-corrected chi connectivity index (χ1v) is 5.07. The molecule has 1 aromatic heterocycles. The van der Waals surface area contributed by atoms with Crippen LogP contribution >= 0.6 is 0 Å². The summed E-state index contributed by atoms with van der Waals surface area (Å²) in [7, 11) is 3.35. The van der Waals surface area contributed by atoms with E-state index >= 15 is 0 Å². The summed E-state index contributed by atoms with van der Waals surface area (Å²) < 4.78 is 6.59. The number of hydrogen-bond donors (Lipinski definition) is 2. The van der Waals surface area contributed by atoms with Crippen LogP contribution in [0.15, 0.2) is 12.3 Å². The van der Waals surface area contributed by atoms with Gasteiger partial charge in [-0.3, -0.25) is 9.48 Å². The van der Waals surface area contributed by atoms with Crippen LogP contribution in [0.25, 0.3) is 0 Å². The second kappa shape index (κ2) is 6.24. The highest BCUT2D eigenvalue weighted by Crippen LogP contribution is 1.96. The van der Waals surface area contributed by atoms with Gasteiger partial charge in [-0.2, -0.15) is 5.10 Å². The molecule has 1 rings (SSSR count).